The fourth-order valence-corrected chi connectivity index (χ4v) is 5.89. The van der Waals surface area contributed by atoms with Crippen LogP contribution in [-0.4, -0.2) is 13.2 Å². The molecule has 0 amide bonds. The summed E-state index contributed by atoms with van der Waals surface area (Å²) in [6.45, 7) is 6.00. The van der Waals surface area contributed by atoms with Crippen LogP contribution >= 0.6 is 45.3 Å². The molecule has 0 fully saturated rings. The summed E-state index contributed by atoms with van der Waals surface area (Å²) in [5, 5.41) is 2.13. The smallest absolute Gasteiger partial charge is 0.128 e. The van der Waals surface area contributed by atoms with Gasteiger partial charge in [-0.2, -0.15) is 0 Å². The highest BCUT2D eigenvalue weighted by Gasteiger charge is 2.17. The molecule has 0 atom stereocenters. The zero-order valence-electron chi connectivity index (χ0n) is 18.6. The number of hydrogen-bond acceptors (Lipinski definition) is 4. The molecule has 31 heavy (non-hydrogen) atoms. The van der Waals surface area contributed by atoms with Gasteiger partial charge < -0.3 is 9.47 Å². The molecule has 0 spiro atoms. The van der Waals surface area contributed by atoms with Gasteiger partial charge in [-0.15, -0.1) is 22.7 Å². The van der Waals surface area contributed by atoms with Gasteiger partial charge >= 0.3 is 0 Å². The number of ether oxygens (including phenoxy) is 2. The second-order valence-electron chi connectivity index (χ2n) is 7.74. The highest BCUT2D eigenvalue weighted by Crippen LogP contribution is 2.44. The van der Waals surface area contributed by atoms with E-state index in [0.29, 0.717) is 0 Å². The van der Waals surface area contributed by atoms with Gasteiger partial charge in [0.1, 0.15) is 11.5 Å². The first-order valence-electron chi connectivity index (χ1n) is 11.5. The molecule has 2 aromatic heterocycles. The molecular formula is C26H33IO2S2. The highest BCUT2D eigenvalue weighted by atomic mass is 127. The number of halogens is 1. The summed E-state index contributed by atoms with van der Waals surface area (Å²) in [7, 11) is 0. The molecule has 0 aliphatic carbocycles. The lowest BCUT2D eigenvalue weighted by Crippen LogP contribution is -2.02. The second-order valence-corrected chi connectivity index (χ2v) is 11.7. The summed E-state index contributed by atoms with van der Waals surface area (Å²) in [6.07, 6.45) is 9.66. The first kappa shape index (κ1) is 24.6. The van der Waals surface area contributed by atoms with E-state index in [1.165, 1.54) is 51.2 Å². The summed E-state index contributed by atoms with van der Waals surface area (Å²) in [6, 6.07) is 13.0. The Morgan fingerprint density at radius 2 is 1.35 bits per heavy atom. The van der Waals surface area contributed by atoms with Crippen LogP contribution in [0.5, 0.6) is 11.5 Å². The Hall–Kier alpha value is -1.05. The standard InChI is InChI=1S/C26H33IO2S2/c1-3-5-7-9-15-28-22-19-21(25-13-14-26(27)31-25)23(29-16-10-8-6-4-2)18-20(22)24-12-11-17-30-24/h11-14,17-19H,3-10,15-16H2,1-2H3. The third-order valence-electron chi connectivity index (χ3n) is 5.22. The Kier molecular flexibility index (Phi) is 10.7. The minimum atomic E-state index is 0.760. The Balaban J connectivity index is 1.89. The maximum Gasteiger partial charge on any atom is 0.128 e. The molecule has 0 aliphatic rings. The fourth-order valence-electron chi connectivity index (χ4n) is 3.50. The van der Waals surface area contributed by atoms with Gasteiger partial charge in [-0.25, -0.2) is 0 Å². The Morgan fingerprint density at radius 3 is 1.84 bits per heavy atom. The van der Waals surface area contributed by atoms with Gasteiger partial charge in [-0.05, 0) is 71.1 Å². The number of benzene rings is 1. The van der Waals surface area contributed by atoms with Crippen molar-refractivity contribution in [2.45, 2.75) is 65.2 Å². The predicted octanol–water partition coefficient (Wildman–Crippen LogP) is 9.67. The van der Waals surface area contributed by atoms with Crippen molar-refractivity contribution in [2.24, 2.45) is 0 Å². The van der Waals surface area contributed by atoms with Gasteiger partial charge in [0.05, 0.1) is 16.1 Å². The van der Waals surface area contributed by atoms with E-state index in [4.69, 9.17) is 9.47 Å². The van der Waals surface area contributed by atoms with Crippen LogP contribution in [0, 0.1) is 2.88 Å². The second kappa shape index (κ2) is 13.5. The Labute approximate surface area is 209 Å². The Morgan fingerprint density at radius 1 is 0.742 bits per heavy atom. The first-order valence-corrected chi connectivity index (χ1v) is 14.2. The molecule has 0 aliphatic heterocycles. The quantitative estimate of drug-likeness (QED) is 0.142. The zero-order valence-corrected chi connectivity index (χ0v) is 22.4. The SMILES string of the molecule is CCCCCCOc1cc(-c2ccc(I)s2)c(OCCCCCC)cc1-c1cccs1. The average Bonchev–Trinajstić information content (AvgIpc) is 3.45. The van der Waals surface area contributed by atoms with Crippen molar-refractivity contribution in [3.63, 3.8) is 0 Å². The highest BCUT2D eigenvalue weighted by molar-refractivity contribution is 14.1. The number of rotatable bonds is 14. The summed E-state index contributed by atoms with van der Waals surface area (Å²) in [5.41, 5.74) is 2.29. The van der Waals surface area contributed by atoms with E-state index >= 15 is 0 Å². The topological polar surface area (TPSA) is 18.5 Å². The normalized spacial score (nSPS) is 11.1. The van der Waals surface area contributed by atoms with Crippen molar-refractivity contribution < 1.29 is 9.47 Å². The lowest BCUT2D eigenvalue weighted by Gasteiger charge is -2.17. The van der Waals surface area contributed by atoms with Crippen molar-refractivity contribution in [1.29, 1.82) is 0 Å². The molecule has 3 rings (SSSR count). The molecule has 0 radical (unpaired) electrons. The lowest BCUT2D eigenvalue weighted by molar-refractivity contribution is 0.299. The van der Waals surface area contributed by atoms with E-state index in [1.807, 2.05) is 0 Å². The predicted molar refractivity (Wildman–Crippen MR) is 145 cm³/mol. The molecule has 0 bridgehead atoms. The monoisotopic (exact) mass is 568 g/mol. The molecule has 0 N–H and O–H groups in total. The van der Waals surface area contributed by atoms with Crippen molar-refractivity contribution in [1.82, 2.24) is 0 Å². The van der Waals surface area contributed by atoms with Crippen molar-refractivity contribution in [3.8, 4) is 32.4 Å². The minimum Gasteiger partial charge on any atom is -0.493 e. The van der Waals surface area contributed by atoms with Crippen LogP contribution < -0.4 is 9.47 Å². The van der Waals surface area contributed by atoms with Crippen LogP contribution in [0.2, 0.25) is 0 Å². The minimum absolute atomic E-state index is 0.760. The van der Waals surface area contributed by atoms with Gasteiger partial charge in [0.25, 0.3) is 0 Å². The van der Waals surface area contributed by atoms with Crippen molar-refractivity contribution in [2.75, 3.05) is 13.2 Å². The zero-order chi connectivity index (χ0) is 21.9. The third-order valence-corrected chi connectivity index (χ3v) is 8.05. The molecular weight excluding hydrogens is 535 g/mol. The summed E-state index contributed by atoms with van der Waals surface area (Å²) in [4.78, 5) is 2.47. The lowest BCUT2D eigenvalue weighted by atomic mass is 10.1. The Bertz CT molecular complexity index is 902. The third kappa shape index (κ3) is 7.50. The molecule has 0 saturated heterocycles. The van der Waals surface area contributed by atoms with E-state index in [9.17, 15) is 0 Å². The molecule has 0 unspecified atom stereocenters. The van der Waals surface area contributed by atoms with E-state index in [1.54, 1.807) is 22.7 Å². The summed E-state index contributed by atoms with van der Waals surface area (Å²) in [5.74, 6) is 1.94. The number of unbranched alkanes of at least 4 members (excludes halogenated alkanes) is 6. The van der Waals surface area contributed by atoms with Gasteiger partial charge in [0, 0.05) is 20.9 Å². The van der Waals surface area contributed by atoms with Crippen LogP contribution in [0.15, 0.2) is 41.8 Å². The fraction of sp³-hybridized carbons (Fsp3) is 0.462. The molecule has 168 valence electrons. The van der Waals surface area contributed by atoms with E-state index in [0.717, 1.165) is 48.7 Å². The van der Waals surface area contributed by atoms with E-state index in [-0.39, 0.29) is 0 Å². The molecule has 5 heteroatoms. The van der Waals surface area contributed by atoms with Gasteiger partial charge in [0.2, 0.25) is 0 Å². The van der Waals surface area contributed by atoms with Crippen LogP contribution in [0.1, 0.15) is 65.2 Å². The molecule has 2 heterocycles. The van der Waals surface area contributed by atoms with Gasteiger partial charge in [-0.1, -0.05) is 58.4 Å². The largest absolute Gasteiger partial charge is 0.493 e. The van der Waals surface area contributed by atoms with Gasteiger partial charge in [-0.3, -0.25) is 0 Å². The molecule has 1 aromatic carbocycles. The van der Waals surface area contributed by atoms with Crippen LogP contribution in [0.25, 0.3) is 20.9 Å². The molecule has 2 nitrogen and oxygen atoms in total. The maximum atomic E-state index is 6.35. The number of hydrogen-bond donors (Lipinski definition) is 0. The molecule has 3 aromatic rings. The maximum absolute atomic E-state index is 6.35. The van der Waals surface area contributed by atoms with Crippen molar-refractivity contribution >= 4 is 45.3 Å². The number of thiophene rings is 2. The average molecular weight is 569 g/mol. The molecule has 0 saturated carbocycles. The first-order chi connectivity index (χ1) is 15.2. The summed E-state index contributed by atoms with van der Waals surface area (Å²) >= 11 is 5.95. The van der Waals surface area contributed by atoms with Crippen LogP contribution in [-0.2, 0) is 0 Å². The van der Waals surface area contributed by atoms with Crippen LogP contribution in [0.3, 0.4) is 0 Å². The van der Waals surface area contributed by atoms with E-state index in [2.05, 4.69) is 78.2 Å². The van der Waals surface area contributed by atoms with Gasteiger partial charge in [0.15, 0.2) is 0 Å². The van der Waals surface area contributed by atoms with Crippen LogP contribution in [0.4, 0.5) is 0 Å². The van der Waals surface area contributed by atoms with E-state index < -0.39 is 0 Å². The summed E-state index contributed by atoms with van der Waals surface area (Å²) < 4.78 is 14.0. The van der Waals surface area contributed by atoms with Crippen molar-refractivity contribution in [3.05, 3.63) is 44.7 Å².